The quantitative estimate of drug-likeness (QED) is 0.565. The molecule has 0 radical (unpaired) electrons. The lowest BCUT2D eigenvalue weighted by molar-refractivity contribution is -0.142. The Labute approximate surface area is 160 Å². The summed E-state index contributed by atoms with van der Waals surface area (Å²) in [5, 5.41) is 2.87. The third kappa shape index (κ3) is 5.99. The van der Waals surface area contributed by atoms with Gasteiger partial charge in [0.1, 0.15) is 5.75 Å². The molecule has 0 aliphatic heterocycles. The summed E-state index contributed by atoms with van der Waals surface area (Å²) in [6.45, 7) is 3.74. The van der Waals surface area contributed by atoms with E-state index in [4.69, 9.17) is 9.47 Å². The number of rotatable bonds is 8. The van der Waals surface area contributed by atoms with E-state index in [9.17, 15) is 9.59 Å². The van der Waals surface area contributed by atoms with Crippen molar-refractivity contribution in [2.45, 2.75) is 26.7 Å². The van der Waals surface area contributed by atoms with Crippen molar-refractivity contribution in [2.75, 3.05) is 19.0 Å². The Hall–Kier alpha value is -3.08. The molecule has 5 nitrogen and oxygen atoms in total. The number of hydrogen-bond donors (Lipinski definition) is 1. The Kier molecular flexibility index (Phi) is 7.62. The van der Waals surface area contributed by atoms with Crippen molar-refractivity contribution in [2.24, 2.45) is 0 Å². The molecule has 0 aliphatic rings. The molecule has 2 aromatic rings. The van der Waals surface area contributed by atoms with Crippen LogP contribution in [0.25, 0.3) is 6.08 Å². The Morgan fingerprint density at radius 1 is 1.04 bits per heavy atom. The minimum absolute atomic E-state index is 0.331. The molecule has 0 aliphatic carbocycles. The van der Waals surface area contributed by atoms with Gasteiger partial charge in [0.05, 0.1) is 7.11 Å². The summed E-state index contributed by atoms with van der Waals surface area (Å²) in [6.07, 6.45) is 4.53. The van der Waals surface area contributed by atoms with Crippen LogP contribution in [0, 0.1) is 0 Å². The summed E-state index contributed by atoms with van der Waals surface area (Å²) < 4.78 is 10.2. The highest BCUT2D eigenvalue weighted by Gasteiger charge is 2.11. The average Bonchev–Trinajstić information content (AvgIpc) is 2.71. The zero-order valence-electron chi connectivity index (χ0n) is 16.0. The van der Waals surface area contributed by atoms with Crippen LogP contribution < -0.4 is 10.1 Å². The molecule has 0 fully saturated rings. The van der Waals surface area contributed by atoms with Crippen LogP contribution in [0.3, 0.4) is 0 Å². The highest BCUT2D eigenvalue weighted by molar-refractivity contribution is 5.95. The lowest BCUT2D eigenvalue weighted by Gasteiger charge is -2.14. The zero-order chi connectivity index (χ0) is 19.6. The number of anilines is 1. The van der Waals surface area contributed by atoms with Crippen molar-refractivity contribution < 1.29 is 19.1 Å². The normalized spacial score (nSPS) is 10.6. The van der Waals surface area contributed by atoms with Gasteiger partial charge < -0.3 is 14.8 Å². The van der Waals surface area contributed by atoms with Crippen LogP contribution in [0.5, 0.6) is 5.75 Å². The number of ether oxygens (including phenoxy) is 2. The molecule has 1 amide bonds. The van der Waals surface area contributed by atoms with Gasteiger partial charge in [0.15, 0.2) is 6.61 Å². The van der Waals surface area contributed by atoms with Gasteiger partial charge >= 0.3 is 5.97 Å². The van der Waals surface area contributed by atoms with Crippen molar-refractivity contribution in [3.8, 4) is 5.75 Å². The molecule has 2 aromatic carbocycles. The van der Waals surface area contributed by atoms with Gasteiger partial charge in [0.2, 0.25) is 0 Å². The molecule has 0 spiro atoms. The van der Waals surface area contributed by atoms with Gasteiger partial charge in [0.25, 0.3) is 5.91 Å². The second-order valence-corrected chi connectivity index (χ2v) is 5.92. The summed E-state index contributed by atoms with van der Waals surface area (Å²) in [5.74, 6) is -0.229. The van der Waals surface area contributed by atoms with Crippen LogP contribution in [0.4, 0.5) is 5.69 Å². The fourth-order valence-electron chi connectivity index (χ4n) is 2.67. The van der Waals surface area contributed by atoms with Crippen molar-refractivity contribution in [1.82, 2.24) is 0 Å². The van der Waals surface area contributed by atoms with Crippen molar-refractivity contribution >= 4 is 23.6 Å². The van der Waals surface area contributed by atoms with Crippen molar-refractivity contribution in [3.63, 3.8) is 0 Å². The van der Waals surface area contributed by atoms with Gasteiger partial charge in [-0.05, 0) is 47.7 Å². The third-order valence-corrected chi connectivity index (χ3v) is 4.11. The smallest absolute Gasteiger partial charge is 0.331 e. The van der Waals surface area contributed by atoms with E-state index < -0.39 is 5.97 Å². The maximum atomic E-state index is 12.2. The second-order valence-electron chi connectivity index (χ2n) is 5.92. The predicted molar refractivity (Wildman–Crippen MR) is 107 cm³/mol. The summed E-state index contributed by atoms with van der Waals surface area (Å²) >= 11 is 0. The molecule has 0 saturated heterocycles. The van der Waals surface area contributed by atoms with E-state index in [-0.39, 0.29) is 12.5 Å². The van der Waals surface area contributed by atoms with E-state index in [1.54, 1.807) is 19.3 Å². The molecule has 0 bridgehead atoms. The molecule has 1 N–H and O–H groups in total. The van der Waals surface area contributed by atoms with Crippen LogP contribution in [0.2, 0.25) is 0 Å². The number of amides is 1. The van der Waals surface area contributed by atoms with Gasteiger partial charge in [0, 0.05) is 11.8 Å². The largest absolute Gasteiger partial charge is 0.497 e. The van der Waals surface area contributed by atoms with Crippen LogP contribution in [-0.4, -0.2) is 25.6 Å². The highest BCUT2D eigenvalue weighted by atomic mass is 16.5. The zero-order valence-corrected chi connectivity index (χ0v) is 16.0. The first-order valence-electron chi connectivity index (χ1n) is 8.96. The van der Waals surface area contributed by atoms with E-state index in [0.717, 1.165) is 35.2 Å². The molecular formula is C22H25NO4. The van der Waals surface area contributed by atoms with E-state index in [2.05, 4.69) is 5.32 Å². The number of aryl methyl sites for hydroxylation is 2. The predicted octanol–water partition coefficient (Wildman–Crippen LogP) is 4.02. The van der Waals surface area contributed by atoms with Gasteiger partial charge in [-0.25, -0.2) is 4.79 Å². The fourth-order valence-corrected chi connectivity index (χ4v) is 2.67. The van der Waals surface area contributed by atoms with Crippen molar-refractivity contribution in [1.29, 1.82) is 0 Å². The maximum absolute atomic E-state index is 12.2. The lowest BCUT2D eigenvalue weighted by atomic mass is 10.0. The lowest BCUT2D eigenvalue weighted by Crippen LogP contribution is -2.21. The van der Waals surface area contributed by atoms with Crippen LogP contribution in [-0.2, 0) is 27.2 Å². The molecule has 142 valence electrons. The van der Waals surface area contributed by atoms with Gasteiger partial charge in [-0.3, -0.25) is 4.79 Å². The monoisotopic (exact) mass is 367 g/mol. The van der Waals surface area contributed by atoms with Gasteiger partial charge in [-0.1, -0.05) is 44.2 Å². The number of esters is 1. The molecule has 0 aromatic heterocycles. The summed E-state index contributed by atoms with van der Waals surface area (Å²) in [6, 6.07) is 13.2. The molecule has 0 atom stereocenters. The first-order valence-corrected chi connectivity index (χ1v) is 8.96. The SMILES string of the molecule is CCc1cccc(CC)c1NC(=O)COC(=O)/C=C/c1cccc(OC)c1. The standard InChI is InChI=1S/C22H25NO4/c1-4-17-9-7-10-18(5-2)22(17)23-20(24)15-27-21(25)13-12-16-8-6-11-19(14-16)26-3/h6-14H,4-5,15H2,1-3H3,(H,23,24)/b13-12+. The van der Waals surface area contributed by atoms with Crippen LogP contribution >= 0.6 is 0 Å². The van der Waals surface area contributed by atoms with Crippen LogP contribution in [0.15, 0.2) is 48.5 Å². The molecule has 2 rings (SSSR count). The van der Waals surface area contributed by atoms with Crippen molar-refractivity contribution in [3.05, 3.63) is 65.2 Å². The Bertz CT molecular complexity index is 805. The van der Waals surface area contributed by atoms with Gasteiger partial charge in [-0.15, -0.1) is 0 Å². The number of methoxy groups -OCH3 is 1. The third-order valence-electron chi connectivity index (χ3n) is 4.11. The minimum Gasteiger partial charge on any atom is -0.497 e. The summed E-state index contributed by atoms with van der Waals surface area (Å²) in [4.78, 5) is 24.0. The van der Waals surface area contributed by atoms with Crippen LogP contribution in [0.1, 0.15) is 30.5 Å². The van der Waals surface area contributed by atoms with E-state index in [0.29, 0.717) is 5.75 Å². The molecule has 0 heterocycles. The number of carbonyl (C=O) groups is 2. The van der Waals surface area contributed by atoms with E-state index >= 15 is 0 Å². The topological polar surface area (TPSA) is 64.6 Å². The summed E-state index contributed by atoms with van der Waals surface area (Å²) in [7, 11) is 1.58. The minimum atomic E-state index is -0.576. The summed E-state index contributed by atoms with van der Waals surface area (Å²) in [5.41, 5.74) is 3.74. The first-order chi connectivity index (χ1) is 13.1. The molecule has 27 heavy (non-hydrogen) atoms. The number of hydrogen-bond acceptors (Lipinski definition) is 4. The maximum Gasteiger partial charge on any atom is 0.331 e. The molecule has 0 saturated carbocycles. The molecular weight excluding hydrogens is 342 g/mol. The molecule has 5 heteroatoms. The Morgan fingerprint density at radius 3 is 2.33 bits per heavy atom. The Balaban J connectivity index is 1.92. The first kappa shape index (κ1) is 20.2. The van der Waals surface area contributed by atoms with Gasteiger partial charge in [-0.2, -0.15) is 0 Å². The Morgan fingerprint density at radius 2 is 1.70 bits per heavy atom. The fraction of sp³-hybridized carbons (Fsp3) is 0.273. The number of benzene rings is 2. The molecule has 0 unspecified atom stereocenters. The van der Waals surface area contributed by atoms with E-state index in [1.165, 1.54) is 6.08 Å². The highest BCUT2D eigenvalue weighted by Crippen LogP contribution is 2.22. The average molecular weight is 367 g/mol. The number of nitrogens with one attached hydrogen (secondary N) is 1. The second kappa shape index (κ2) is 10.2. The number of para-hydroxylation sites is 1. The van der Waals surface area contributed by atoms with E-state index in [1.807, 2.05) is 50.2 Å². The number of carbonyl (C=O) groups excluding carboxylic acids is 2.